The van der Waals surface area contributed by atoms with Crippen molar-refractivity contribution in [2.45, 2.75) is 46.5 Å². The molecule has 0 unspecified atom stereocenters. The first kappa shape index (κ1) is 20.6. The molecule has 1 heterocycles. The van der Waals surface area contributed by atoms with Crippen molar-refractivity contribution in [2.24, 2.45) is 0 Å². The summed E-state index contributed by atoms with van der Waals surface area (Å²) in [5, 5.41) is 2.88. The third-order valence-corrected chi connectivity index (χ3v) is 4.54. The van der Waals surface area contributed by atoms with Gasteiger partial charge in [-0.05, 0) is 35.1 Å². The summed E-state index contributed by atoms with van der Waals surface area (Å²) < 4.78 is 0. The molecule has 0 aliphatic carbocycles. The molecule has 144 valence electrons. The van der Waals surface area contributed by atoms with E-state index in [0.717, 1.165) is 16.8 Å². The topological polar surface area (TPSA) is 62.3 Å². The molecule has 1 aromatic heterocycles. The van der Waals surface area contributed by atoms with Crippen LogP contribution in [-0.4, -0.2) is 29.9 Å². The van der Waals surface area contributed by atoms with Gasteiger partial charge >= 0.3 is 0 Å². The van der Waals surface area contributed by atoms with E-state index in [4.69, 9.17) is 0 Å². The summed E-state index contributed by atoms with van der Waals surface area (Å²) in [6.07, 6.45) is 3.16. The SMILES string of the molecule is CC(=O)N(CCNC(=O)c1cccnc1)c1c(C(C)C)cccc1C(C)C. The normalized spacial score (nSPS) is 10.9. The van der Waals surface area contributed by atoms with E-state index in [1.165, 1.54) is 6.20 Å². The van der Waals surface area contributed by atoms with E-state index in [1.807, 2.05) is 0 Å². The maximum atomic E-state index is 12.4. The number of nitrogens with zero attached hydrogens (tertiary/aromatic N) is 2. The number of para-hydroxylation sites is 1. The average molecular weight is 367 g/mol. The van der Waals surface area contributed by atoms with Crippen LogP contribution in [0.15, 0.2) is 42.7 Å². The Balaban J connectivity index is 2.23. The Labute approximate surface area is 161 Å². The van der Waals surface area contributed by atoms with Crippen molar-refractivity contribution in [1.82, 2.24) is 10.3 Å². The molecule has 0 saturated carbocycles. The largest absolute Gasteiger partial charge is 0.350 e. The van der Waals surface area contributed by atoms with E-state index in [-0.39, 0.29) is 11.8 Å². The molecule has 1 aromatic carbocycles. The first-order valence-electron chi connectivity index (χ1n) is 9.42. The number of amides is 2. The van der Waals surface area contributed by atoms with E-state index in [1.54, 1.807) is 30.2 Å². The Morgan fingerprint density at radius 1 is 1.04 bits per heavy atom. The summed E-state index contributed by atoms with van der Waals surface area (Å²) in [6.45, 7) is 10.9. The van der Waals surface area contributed by atoms with E-state index in [9.17, 15) is 9.59 Å². The number of anilines is 1. The fourth-order valence-electron chi connectivity index (χ4n) is 3.13. The molecule has 2 aromatic rings. The molecule has 2 rings (SSSR count). The molecule has 0 radical (unpaired) electrons. The van der Waals surface area contributed by atoms with Gasteiger partial charge in [0, 0.05) is 32.4 Å². The van der Waals surface area contributed by atoms with Crippen molar-refractivity contribution in [3.8, 4) is 0 Å². The molecule has 0 fully saturated rings. The molecule has 0 atom stereocenters. The molecule has 5 nitrogen and oxygen atoms in total. The lowest BCUT2D eigenvalue weighted by Crippen LogP contribution is -2.38. The number of carbonyl (C=O) groups excluding carboxylic acids is 2. The van der Waals surface area contributed by atoms with Crippen molar-refractivity contribution in [3.05, 3.63) is 59.4 Å². The van der Waals surface area contributed by atoms with Gasteiger partial charge in [0.15, 0.2) is 0 Å². The van der Waals surface area contributed by atoms with Crippen molar-refractivity contribution in [1.29, 1.82) is 0 Å². The van der Waals surface area contributed by atoms with E-state index in [0.29, 0.717) is 30.5 Å². The average Bonchev–Trinajstić information content (AvgIpc) is 2.64. The van der Waals surface area contributed by atoms with Gasteiger partial charge in [0.2, 0.25) is 5.91 Å². The molecule has 5 heteroatoms. The summed E-state index contributed by atoms with van der Waals surface area (Å²) in [4.78, 5) is 30.4. The summed E-state index contributed by atoms with van der Waals surface area (Å²) in [5.74, 6) is 0.379. The number of hydrogen-bond donors (Lipinski definition) is 1. The van der Waals surface area contributed by atoms with Crippen LogP contribution in [0.1, 0.15) is 67.9 Å². The van der Waals surface area contributed by atoms with Crippen molar-refractivity contribution in [3.63, 3.8) is 0 Å². The van der Waals surface area contributed by atoms with Crippen LogP contribution in [0.3, 0.4) is 0 Å². The van der Waals surface area contributed by atoms with Gasteiger partial charge in [0.1, 0.15) is 0 Å². The molecule has 2 amide bonds. The highest BCUT2D eigenvalue weighted by atomic mass is 16.2. The van der Waals surface area contributed by atoms with Gasteiger partial charge in [0.05, 0.1) is 11.3 Å². The fraction of sp³-hybridized carbons (Fsp3) is 0.409. The van der Waals surface area contributed by atoms with Crippen LogP contribution in [0.2, 0.25) is 0 Å². The Kier molecular flexibility index (Phi) is 7.11. The molecule has 1 N–H and O–H groups in total. The van der Waals surface area contributed by atoms with Gasteiger partial charge in [-0.2, -0.15) is 0 Å². The Morgan fingerprint density at radius 3 is 2.15 bits per heavy atom. The molecular formula is C22H29N3O2. The number of hydrogen-bond acceptors (Lipinski definition) is 3. The number of aromatic nitrogens is 1. The van der Waals surface area contributed by atoms with Crippen LogP contribution in [0, 0.1) is 0 Å². The fourth-order valence-corrected chi connectivity index (χ4v) is 3.13. The highest BCUT2D eigenvalue weighted by Gasteiger charge is 2.22. The van der Waals surface area contributed by atoms with Crippen molar-refractivity contribution in [2.75, 3.05) is 18.0 Å². The minimum atomic E-state index is -0.187. The van der Waals surface area contributed by atoms with Crippen LogP contribution >= 0.6 is 0 Å². The van der Waals surface area contributed by atoms with Gasteiger partial charge in [-0.1, -0.05) is 45.9 Å². The quantitative estimate of drug-likeness (QED) is 0.801. The first-order chi connectivity index (χ1) is 12.8. The Hall–Kier alpha value is -2.69. The number of benzene rings is 1. The highest BCUT2D eigenvalue weighted by molar-refractivity contribution is 5.95. The van der Waals surface area contributed by atoms with Gasteiger partial charge in [-0.15, -0.1) is 0 Å². The molecule has 0 aliphatic rings. The minimum absolute atomic E-state index is 0.0272. The molecule has 0 saturated heterocycles. The zero-order valence-corrected chi connectivity index (χ0v) is 16.8. The number of nitrogens with one attached hydrogen (secondary N) is 1. The lowest BCUT2D eigenvalue weighted by Gasteiger charge is -2.29. The lowest BCUT2D eigenvalue weighted by atomic mass is 9.92. The standard InChI is InChI=1S/C22H29N3O2/c1-15(2)19-9-6-10-20(16(3)4)21(19)25(17(5)26)13-12-24-22(27)18-8-7-11-23-14-18/h6-11,14-16H,12-13H2,1-5H3,(H,24,27). The Morgan fingerprint density at radius 2 is 1.67 bits per heavy atom. The van der Waals surface area contributed by atoms with Gasteiger partial charge in [-0.3, -0.25) is 14.6 Å². The number of pyridine rings is 1. The third kappa shape index (κ3) is 5.16. The summed E-state index contributed by atoms with van der Waals surface area (Å²) in [5.41, 5.74) is 3.79. The van der Waals surface area contributed by atoms with Crippen molar-refractivity contribution < 1.29 is 9.59 Å². The van der Waals surface area contributed by atoms with E-state index in [2.05, 4.69) is 56.2 Å². The maximum absolute atomic E-state index is 12.4. The van der Waals surface area contributed by atoms with Crippen LogP contribution in [0.4, 0.5) is 5.69 Å². The molecule has 0 spiro atoms. The zero-order chi connectivity index (χ0) is 20.0. The van der Waals surface area contributed by atoms with Crippen LogP contribution in [0.5, 0.6) is 0 Å². The second kappa shape index (κ2) is 9.31. The second-order valence-electron chi connectivity index (χ2n) is 7.26. The van der Waals surface area contributed by atoms with Crippen LogP contribution in [0.25, 0.3) is 0 Å². The molecule has 0 bridgehead atoms. The predicted octanol–water partition coefficient (Wildman–Crippen LogP) is 4.11. The van der Waals surface area contributed by atoms with Gasteiger partial charge in [0.25, 0.3) is 5.91 Å². The predicted molar refractivity (Wildman–Crippen MR) is 109 cm³/mol. The number of rotatable bonds is 7. The van der Waals surface area contributed by atoms with Crippen LogP contribution in [-0.2, 0) is 4.79 Å². The first-order valence-corrected chi connectivity index (χ1v) is 9.42. The lowest BCUT2D eigenvalue weighted by molar-refractivity contribution is -0.116. The maximum Gasteiger partial charge on any atom is 0.252 e. The smallest absolute Gasteiger partial charge is 0.252 e. The number of carbonyl (C=O) groups is 2. The monoisotopic (exact) mass is 367 g/mol. The van der Waals surface area contributed by atoms with E-state index < -0.39 is 0 Å². The summed E-state index contributed by atoms with van der Waals surface area (Å²) in [6, 6.07) is 9.66. The second-order valence-corrected chi connectivity index (χ2v) is 7.26. The van der Waals surface area contributed by atoms with Crippen LogP contribution < -0.4 is 10.2 Å². The van der Waals surface area contributed by atoms with Gasteiger partial charge in [-0.25, -0.2) is 0 Å². The van der Waals surface area contributed by atoms with Gasteiger partial charge < -0.3 is 10.2 Å². The van der Waals surface area contributed by atoms with E-state index >= 15 is 0 Å². The Bertz CT molecular complexity index is 759. The molecule has 27 heavy (non-hydrogen) atoms. The van der Waals surface area contributed by atoms with Crippen molar-refractivity contribution >= 4 is 17.5 Å². The molecular weight excluding hydrogens is 338 g/mol. The zero-order valence-electron chi connectivity index (χ0n) is 16.8. The summed E-state index contributed by atoms with van der Waals surface area (Å²) >= 11 is 0. The molecule has 0 aliphatic heterocycles. The minimum Gasteiger partial charge on any atom is -0.350 e. The summed E-state index contributed by atoms with van der Waals surface area (Å²) in [7, 11) is 0. The third-order valence-electron chi connectivity index (χ3n) is 4.54. The highest BCUT2D eigenvalue weighted by Crippen LogP contribution is 2.35.